The molecule has 0 N–H and O–H groups in total. The standard InChI is InChI=1S/C18H20FNO/c19-16-6-8-17(9-7-16)21-18-10-12-20(13-11-18)14-15-4-2-1-3-5-15/h1-9,18H,10-14H2. The molecule has 3 rings (SSSR count). The summed E-state index contributed by atoms with van der Waals surface area (Å²) >= 11 is 0. The minimum Gasteiger partial charge on any atom is -0.490 e. The molecule has 2 aromatic carbocycles. The highest BCUT2D eigenvalue weighted by molar-refractivity contribution is 5.22. The van der Waals surface area contributed by atoms with Gasteiger partial charge in [0.2, 0.25) is 0 Å². The largest absolute Gasteiger partial charge is 0.490 e. The molecule has 3 heteroatoms. The van der Waals surface area contributed by atoms with Gasteiger partial charge >= 0.3 is 0 Å². The Hall–Kier alpha value is -1.87. The summed E-state index contributed by atoms with van der Waals surface area (Å²) < 4.78 is 18.8. The monoisotopic (exact) mass is 285 g/mol. The Kier molecular flexibility index (Phi) is 4.51. The van der Waals surface area contributed by atoms with E-state index >= 15 is 0 Å². The smallest absolute Gasteiger partial charge is 0.123 e. The second-order valence-corrected chi connectivity index (χ2v) is 5.53. The summed E-state index contributed by atoms with van der Waals surface area (Å²) in [6.45, 7) is 3.09. The van der Waals surface area contributed by atoms with E-state index in [1.165, 1.54) is 17.7 Å². The molecule has 0 atom stereocenters. The average molecular weight is 285 g/mol. The van der Waals surface area contributed by atoms with Crippen molar-refractivity contribution < 1.29 is 9.13 Å². The van der Waals surface area contributed by atoms with Gasteiger partial charge < -0.3 is 4.74 Å². The van der Waals surface area contributed by atoms with Crippen LogP contribution in [0.3, 0.4) is 0 Å². The highest BCUT2D eigenvalue weighted by Crippen LogP contribution is 2.20. The number of hydrogen-bond acceptors (Lipinski definition) is 2. The van der Waals surface area contributed by atoms with E-state index in [0.29, 0.717) is 0 Å². The van der Waals surface area contributed by atoms with Gasteiger partial charge in [0.25, 0.3) is 0 Å². The Labute approximate surface area is 125 Å². The van der Waals surface area contributed by atoms with Gasteiger partial charge in [-0.15, -0.1) is 0 Å². The SMILES string of the molecule is Fc1ccc(OC2CCN(Cc3ccccc3)CC2)cc1. The van der Waals surface area contributed by atoms with E-state index in [1.54, 1.807) is 12.1 Å². The van der Waals surface area contributed by atoms with Crippen molar-refractivity contribution in [3.8, 4) is 5.75 Å². The van der Waals surface area contributed by atoms with E-state index in [4.69, 9.17) is 4.74 Å². The highest BCUT2D eigenvalue weighted by Gasteiger charge is 2.20. The summed E-state index contributed by atoms with van der Waals surface area (Å²) in [5.74, 6) is 0.540. The molecular formula is C18H20FNO. The second kappa shape index (κ2) is 6.72. The molecule has 0 aromatic heterocycles. The molecule has 1 aliphatic rings. The Balaban J connectivity index is 1.47. The number of hydrogen-bond donors (Lipinski definition) is 0. The summed E-state index contributed by atoms with van der Waals surface area (Å²) in [7, 11) is 0. The van der Waals surface area contributed by atoms with Crippen LogP contribution in [0.15, 0.2) is 54.6 Å². The molecule has 2 aromatic rings. The van der Waals surface area contributed by atoms with E-state index in [9.17, 15) is 4.39 Å². The zero-order valence-electron chi connectivity index (χ0n) is 12.0. The first-order valence-electron chi connectivity index (χ1n) is 7.48. The molecular weight excluding hydrogens is 265 g/mol. The van der Waals surface area contributed by atoms with Crippen molar-refractivity contribution in [2.24, 2.45) is 0 Å². The predicted molar refractivity (Wildman–Crippen MR) is 81.8 cm³/mol. The van der Waals surface area contributed by atoms with Crippen LogP contribution >= 0.6 is 0 Å². The van der Waals surface area contributed by atoms with Gasteiger partial charge in [0, 0.05) is 19.6 Å². The number of ether oxygens (including phenoxy) is 1. The fraction of sp³-hybridized carbons (Fsp3) is 0.333. The maximum absolute atomic E-state index is 12.9. The van der Waals surface area contributed by atoms with Gasteiger partial charge in [-0.3, -0.25) is 4.90 Å². The van der Waals surface area contributed by atoms with E-state index in [2.05, 4.69) is 29.2 Å². The summed E-state index contributed by atoms with van der Waals surface area (Å²) in [6.07, 6.45) is 2.27. The lowest BCUT2D eigenvalue weighted by Crippen LogP contribution is -2.37. The highest BCUT2D eigenvalue weighted by atomic mass is 19.1. The van der Waals surface area contributed by atoms with E-state index in [1.807, 2.05) is 6.07 Å². The Morgan fingerprint density at radius 2 is 1.62 bits per heavy atom. The maximum atomic E-state index is 12.9. The third-order valence-electron chi connectivity index (χ3n) is 3.90. The van der Waals surface area contributed by atoms with Gasteiger partial charge in [-0.05, 0) is 42.7 Å². The van der Waals surface area contributed by atoms with Gasteiger partial charge in [-0.25, -0.2) is 4.39 Å². The normalized spacial score (nSPS) is 16.8. The first-order valence-corrected chi connectivity index (χ1v) is 7.48. The van der Waals surface area contributed by atoms with Crippen LogP contribution in [0.25, 0.3) is 0 Å². The summed E-state index contributed by atoms with van der Waals surface area (Å²) in [5.41, 5.74) is 1.36. The van der Waals surface area contributed by atoms with Gasteiger partial charge in [0.05, 0.1) is 0 Å². The second-order valence-electron chi connectivity index (χ2n) is 5.53. The van der Waals surface area contributed by atoms with Crippen LogP contribution in [0.5, 0.6) is 5.75 Å². The first kappa shape index (κ1) is 14.1. The van der Waals surface area contributed by atoms with E-state index < -0.39 is 0 Å². The number of benzene rings is 2. The van der Waals surface area contributed by atoms with Gasteiger partial charge in [0.1, 0.15) is 17.7 Å². The van der Waals surface area contributed by atoms with Crippen LogP contribution in [0.4, 0.5) is 4.39 Å². The molecule has 0 radical (unpaired) electrons. The summed E-state index contributed by atoms with van der Waals surface area (Å²) in [6, 6.07) is 16.8. The first-order chi connectivity index (χ1) is 10.3. The molecule has 1 heterocycles. The molecule has 0 unspecified atom stereocenters. The lowest BCUT2D eigenvalue weighted by molar-refractivity contribution is 0.0967. The van der Waals surface area contributed by atoms with Crippen LogP contribution < -0.4 is 4.74 Å². The van der Waals surface area contributed by atoms with Crippen LogP contribution in [-0.2, 0) is 6.54 Å². The fourth-order valence-electron chi connectivity index (χ4n) is 2.73. The predicted octanol–water partition coefficient (Wildman–Crippen LogP) is 3.87. The van der Waals surface area contributed by atoms with Crippen LogP contribution in [0.1, 0.15) is 18.4 Å². The Bertz CT molecular complexity index is 547. The van der Waals surface area contributed by atoms with Crippen LogP contribution in [0, 0.1) is 5.82 Å². The zero-order chi connectivity index (χ0) is 14.5. The number of piperidine rings is 1. The third kappa shape index (κ3) is 4.05. The van der Waals surface area contributed by atoms with Crippen LogP contribution in [-0.4, -0.2) is 24.1 Å². The maximum Gasteiger partial charge on any atom is 0.123 e. The number of nitrogens with zero attached hydrogens (tertiary/aromatic N) is 1. The molecule has 1 saturated heterocycles. The number of halogens is 1. The lowest BCUT2D eigenvalue weighted by Gasteiger charge is -2.32. The number of rotatable bonds is 4. The van der Waals surface area contributed by atoms with Crippen molar-refractivity contribution in [3.63, 3.8) is 0 Å². The van der Waals surface area contributed by atoms with Crippen molar-refractivity contribution in [1.29, 1.82) is 0 Å². The van der Waals surface area contributed by atoms with E-state index in [-0.39, 0.29) is 11.9 Å². The molecule has 0 amide bonds. The van der Waals surface area contributed by atoms with Crippen molar-refractivity contribution >= 4 is 0 Å². The van der Waals surface area contributed by atoms with Crippen molar-refractivity contribution in [1.82, 2.24) is 4.90 Å². The molecule has 110 valence electrons. The van der Waals surface area contributed by atoms with Crippen molar-refractivity contribution in [2.75, 3.05) is 13.1 Å². The minimum atomic E-state index is -0.222. The van der Waals surface area contributed by atoms with Gasteiger partial charge in [0.15, 0.2) is 0 Å². The molecule has 0 spiro atoms. The molecule has 1 fully saturated rings. The lowest BCUT2D eigenvalue weighted by atomic mass is 10.1. The Morgan fingerprint density at radius 1 is 0.952 bits per heavy atom. The quantitative estimate of drug-likeness (QED) is 0.845. The molecule has 21 heavy (non-hydrogen) atoms. The molecule has 0 bridgehead atoms. The molecule has 1 aliphatic heterocycles. The Morgan fingerprint density at radius 3 is 2.29 bits per heavy atom. The van der Waals surface area contributed by atoms with Gasteiger partial charge in [-0.1, -0.05) is 30.3 Å². The third-order valence-corrected chi connectivity index (χ3v) is 3.90. The summed E-state index contributed by atoms with van der Waals surface area (Å²) in [5, 5.41) is 0. The molecule has 0 saturated carbocycles. The van der Waals surface area contributed by atoms with Crippen molar-refractivity contribution in [2.45, 2.75) is 25.5 Å². The minimum absolute atomic E-state index is 0.222. The van der Waals surface area contributed by atoms with Gasteiger partial charge in [-0.2, -0.15) is 0 Å². The topological polar surface area (TPSA) is 12.5 Å². The molecule has 2 nitrogen and oxygen atoms in total. The van der Waals surface area contributed by atoms with E-state index in [0.717, 1.165) is 38.2 Å². The van der Waals surface area contributed by atoms with Crippen LogP contribution in [0.2, 0.25) is 0 Å². The fourth-order valence-corrected chi connectivity index (χ4v) is 2.73. The summed E-state index contributed by atoms with van der Waals surface area (Å²) in [4.78, 5) is 2.46. The zero-order valence-corrected chi connectivity index (χ0v) is 12.0. The number of likely N-dealkylation sites (tertiary alicyclic amines) is 1. The van der Waals surface area contributed by atoms with Crippen molar-refractivity contribution in [3.05, 3.63) is 66.0 Å². The average Bonchev–Trinajstić information content (AvgIpc) is 2.53. The molecule has 0 aliphatic carbocycles.